The fraction of sp³-hybridized carbons (Fsp3) is 0.360. The van der Waals surface area contributed by atoms with Crippen molar-refractivity contribution in [3.05, 3.63) is 59.2 Å². The number of hydrogen-bond acceptors (Lipinski definition) is 6. The topological polar surface area (TPSA) is 93.5 Å². The molecule has 0 aliphatic heterocycles. The van der Waals surface area contributed by atoms with E-state index in [-0.39, 0.29) is 23.9 Å². The number of aryl methyl sites for hydroxylation is 1. The third kappa shape index (κ3) is 6.77. The monoisotopic (exact) mass is 482 g/mol. The number of carbonyl (C=O) groups excluding carboxylic acids is 3. The Kier molecular flexibility index (Phi) is 7.88. The lowest BCUT2D eigenvalue weighted by molar-refractivity contribution is -0.132. The van der Waals surface area contributed by atoms with Crippen LogP contribution in [0.1, 0.15) is 43.6 Å². The molecule has 3 aromatic rings. The molecule has 1 N–H and O–H groups in total. The second-order valence-electron chi connectivity index (χ2n) is 8.98. The number of anilines is 1. The van der Waals surface area contributed by atoms with Crippen LogP contribution in [0.4, 0.5) is 5.00 Å². The quantitative estimate of drug-likeness (QED) is 0.487. The lowest BCUT2D eigenvalue weighted by atomic mass is 10.1. The van der Waals surface area contributed by atoms with Crippen molar-refractivity contribution in [2.75, 3.05) is 18.4 Å². The molecule has 0 aliphatic carbocycles. The average Bonchev–Trinajstić information content (AvgIpc) is 3.36. The van der Waals surface area contributed by atoms with Crippen molar-refractivity contribution in [2.45, 2.75) is 39.7 Å². The first-order valence-electron chi connectivity index (χ1n) is 11.0. The molecule has 0 bridgehead atoms. The van der Waals surface area contributed by atoms with E-state index in [9.17, 15) is 14.4 Å². The predicted molar refractivity (Wildman–Crippen MR) is 133 cm³/mol. The minimum atomic E-state index is -0.699. The van der Waals surface area contributed by atoms with Crippen LogP contribution in [0.15, 0.2) is 48.1 Å². The van der Waals surface area contributed by atoms with Gasteiger partial charge in [-0.1, -0.05) is 30.3 Å². The van der Waals surface area contributed by atoms with E-state index in [1.165, 1.54) is 23.2 Å². The Balaban J connectivity index is 1.78. The van der Waals surface area contributed by atoms with Crippen LogP contribution in [0.3, 0.4) is 0 Å². The minimum absolute atomic E-state index is 0.115. The maximum atomic E-state index is 13.1. The van der Waals surface area contributed by atoms with Crippen LogP contribution in [0.25, 0.3) is 11.1 Å². The number of nitrogens with zero attached hydrogens (tertiary/aromatic N) is 3. The molecule has 0 aliphatic rings. The summed E-state index contributed by atoms with van der Waals surface area (Å²) in [6.45, 7) is 7.10. The van der Waals surface area contributed by atoms with Crippen LogP contribution >= 0.6 is 11.3 Å². The molecule has 0 saturated carbocycles. The normalized spacial score (nSPS) is 11.2. The van der Waals surface area contributed by atoms with Crippen molar-refractivity contribution in [3.8, 4) is 11.1 Å². The Bertz CT molecular complexity index is 1160. The number of benzene rings is 1. The molecule has 2 amide bonds. The van der Waals surface area contributed by atoms with Gasteiger partial charge in [0.1, 0.15) is 16.2 Å². The standard InChI is InChI=1S/C25H30N4O4S/c1-17(30)29(12-11-18-9-7-6-8-10-18)15-21(31)27-23-22(24(32)33-25(2,3)4)20(16-34-23)19-13-26-28(5)14-19/h6-10,13-14,16H,11-12,15H2,1-5H3,(H,27,31). The molecule has 1 aromatic carbocycles. The van der Waals surface area contributed by atoms with Gasteiger partial charge < -0.3 is 15.0 Å². The molecular weight excluding hydrogens is 452 g/mol. The fourth-order valence-electron chi connectivity index (χ4n) is 3.35. The summed E-state index contributed by atoms with van der Waals surface area (Å²) in [5.74, 6) is -1.11. The van der Waals surface area contributed by atoms with E-state index >= 15 is 0 Å². The summed E-state index contributed by atoms with van der Waals surface area (Å²) < 4.78 is 7.25. The van der Waals surface area contributed by atoms with Gasteiger partial charge in [0.05, 0.1) is 12.7 Å². The van der Waals surface area contributed by atoms with Gasteiger partial charge in [0, 0.05) is 43.2 Å². The van der Waals surface area contributed by atoms with Crippen LogP contribution in [-0.2, 0) is 27.8 Å². The summed E-state index contributed by atoms with van der Waals surface area (Å²) in [6, 6.07) is 9.78. The largest absolute Gasteiger partial charge is 0.456 e. The number of rotatable bonds is 8. The van der Waals surface area contributed by atoms with Crippen LogP contribution < -0.4 is 5.32 Å². The highest BCUT2D eigenvalue weighted by atomic mass is 32.1. The molecule has 2 aromatic heterocycles. The number of carbonyl (C=O) groups is 3. The highest BCUT2D eigenvalue weighted by Gasteiger charge is 2.27. The first kappa shape index (κ1) is 25.2. The van der Waals surface area contributed by atoms with E-state index in [1.807, 2.05) is 30.3 Å². The van der Waals surface area contributed by atoms with Crippen LogP contribution in [0.5, 0.6) is 0 Å². The molecule has 8 nitrogen and oxygen atoms in total. The Morgan fingerprint density at radius 2 is 1.88 bits per heavy atom. The molecule has 3 rings (SSSR count). The molecule has 0 unspecified atom stereocenters. The summed E-state index contributed by atoms with van der Waals surface area (Å²) >= 11 is 1.24. The van der Waals surface area contributed by atoms with E-state index in [1.54, 1.807) is 50.3 Å². The maximum absolute atomic E-state index is 13.1. The molecule has 2 heterocycles. The number of hydrogen-bond donors (Lipinski definition) is 1. The first-order chi connectivity index (χ1) is 16.0. The zero-order chi connectivity index (χ0) is 24.9. The van der Waals surface area contributed by atoms with Gasteiger partial charge in [-0.2, -0.15) is 5.10 Å². The lowest BCUT2D eigenvalue weighted by Gasteiger charge is -2.21. The third-order valence-corrected chi connectivity index (χ3v) is 5.85. The molecule has 0 atom stereocenters. The Morgan fingerprint density at radius 3 is 2.47 bits per heavy atom. The molecule has 0 radical (unpaired) electrons. The lowest BCUT2D eigenvalue weighted by Crippen LogP contribution is -2.38. The third-order valence-electron chi connectivity index (χ3n) is 4.96. The molecule has 34 heavy (non-hydrogen) atoms. The van der Waals surface area contributed by atoms with Crippen molar-refractivity contribution in [2.24, 2.45) is 7.05 Å². The van der Waals surface area contributed by atoms with Gasteiger partial charge in [0.25, 0.3) is 0 Å². The number of aromatic nitrogens is 2. The molecule has 0 fully saturated rings. The summed E-state index contributed by atoms with van der Waals surface area (Å²) in [6.07, 6.45) is 4.09. The van der Waals surface area contributed by atoms with Gasteiger partial charge in [0.2, 0.25) is 11.8 Å². The summed E-state index contributed by atoms with van der Waals surface area (Å²) in [7, 11) is 1.79. The van der Waals surface area contributed by atoms with Gasteiger partial charge in [0.15, 0.2) is 0 Å². The van der Waals surface area contributed by atoms with E-state index in [0.717, 1.165) is 11.1 Å². The van der Waals surface area contributed by atoms with E-state index in [0.29, 0.717) is 23.5 Å². The predicted octanol–water partition coefficient (Wildman–Crippen LogP) is 4.13. The van der Waals surface area contributed by atoms with Crippen molar-refractivity contribution in [3.63, 3.8) is 0 Å². The average molecular weight is 483 g/mol. The van der Waals surface area contributed by atoms with E-state index < -0.39 is 11.6 Å². The maximum Gasteiger partial charge on any atom is 0.342 e. The molecule has 9 heteroatoms. The number of thiophene rings is 1. The SMILES string of the molecule is CC(=O)N(CCc1ccccc1)CC(=O)Nc1scc(-c2cnn(C)c2)c1C(=O)OC(C)(C)C. The summed E-state index contributed by atoms with van der Waals surface area (Å²) in [4.78, 5) is 39.6. The summed E-state index contributed by atoms with van der Waals surface area (Å²) in [5, 5.41) is 9.17. The first-order valence-corrected chi connectivity index (χ1v) is 11.8. The van der Waals surface area contributed by atoms with E-state index in [2.05, 4.69) is 10.4 Å². The highest BCUT2D eigenvalue weighted by Crippen LogP contribution is 2.36. The fourth-order valence-corrected chi connectivity index (χ4v) is 4.32. The van der Waals surface area contributed by atoms with Crippen molar-refractivity contribution < 1.29 is 19.1 Å². The molecule has 180 valence electrons. The van der Waals surface area contributed by atoms with Crippen molar-refractivity contribution in [1.82, 2.24) is 14.7 Å². The Labute approximate surface area is 203 Å². The van der Waals surface area contributed by atoms with Crippen LogP contribution in [0.2, 0.25) is 0 Å². The van der Waals surface area contributed by atoms with Gasteiger partial charge >= 0.3 is 5.97 Å². The molecular formula is C25H30N4O4S. The second-order valence-corrected chi connectivity index (χ2v) is 9.86. The van der Waals surface area contributed by atoms with Crippen LogP contribution in [-0.4, -0.2) is 51.2 Å². The summed E-state index contributed by atoms with van der Waals surface area (Å²) in [5.41, 5.74) is 2.04. The highest BCUT2D eigenvalue weighted by molar-refractivity contribution is 7.15. The number of ether oxygens (including phenoxy) is 1. The molecule has 0 saturated heterocycles. The van der Waals surface area contributed by atoms with E-state index in [4.69, 9.17) is 4.74 Å². The zero-order valence-corrected chi connectivity index (χ0v) is 20.9. The van der Waals surface area contributed by atoms with Crippen LogP contribution in [0, 0.1) is 0 Å². The number of amides is 2. The number of esters is 1. The van der Waals surface area contributed by atoms with Gasteiger partial charge in [-0.3, -0.25) is 14.3 Å². The van der Waals surface area contributed by atoms with Crippen molar-refractivity contribution >= 4 is 34.1 Å². The number of nitrogens with one attached hydrogen (secondary N) is 1. The second kappa shape index (κ2) is 10.6. The minimum Gasteiger partial charge on any atom is -0.456 e. The Hall–Kier alpha value is -3.46. The van der Waals surface area contributed by atoms with Crippen molar-refractivity contribution in [1.29, 1.82) is 0 Å². The van der Waals surface area contributed by atoms with Gasteiger partial charge in [-0.25, -0.2) is 4.79 Å². The van der Waals surface area contributed by atoms with Gasteiger partial charge in [-0.05, 0) is 32.8 Å². The van der Waals surface area contributed by atoms with Gasteiger partial charge in [-0.15, -0.1) is 11.3 Å². The zero-order valence-electron chi connectivity index (χ0n) is 20.1. The molecule has 0 spiro atoms. The Morgan fingerprint density at radius 1 is 1.18 bits per heavy atom. The smallest absolute Gasteiger partial charge is 0.342 e.